The van der Waals surface area contributed by atoms with Gasteiger partial charge in [0, 0.05) is 17.3 Å². The Kier molecular flexibility index (Phi) is 3.66. The Morgan fingerprint density at radius 3 is 2.47 bits per heavy atom. The molecule has 0 radical (unpaired) electrons. The molecule has 0 aliphatic rings. The van der Waals surface area contributed by atoms with Gasteiger partial charge in [0.15, 0.2) is 0 Å². The summed E-state index contributed by atoms with van der Waals surface area (Å²) < 4.78 is 10.2. The van der Waals surface area contributed by atoms with E-state index in [2.05, 4.69) is 4.98 Å². The van der Waals surface area contributed by atoms with Crippen LogP contribution in [0.2, 0.25) is 0 Å². The molecule has 0 bridgehead atoms. The van der Waals surface area contributed by atoms with Crippen LogP contribution in [0.25, 0.3) is 11.1 Å². The molecule has 0 saturated heterocycles. The lowest BCUT2D eigenvalue weighted by atomic mass is 10.0. The zero-order chi connectivity index (χ0) is 13.8. The van der Waals surface area contributed by atoms with E-state index in [9.17, 15) is 9.90 Å². The third-order valence-electron chi connectivity index (χ3n) is 2.72. The van der Waals surface area contributed by atoms with Gasteiger partial charge in [-0.3, -0.25) is 4.98 Å². The van der Waals surface area contributed by atoms with Crippen LogP contribution < -0.4 is 9.47 Å². The van der Waals surface area contributed by atoms with Crippen molar-refractivity contribution in [2.45, 2.75) is 0 Å². The van der Waals surface area contributed by atoms with E-state index in [0.29, 0.717) is 22.6 Å². The second-order valence-corrected chi connectivity index (χ2v) is 3.83. The van der Waals surface area contributed by atoms with Crippen LogP contribution in [0.3, 0.4) is 0 Å². The SMILES string of the molecule is COc1cncc(-c2cc(OC)ccc2C(=O)O)c1. The highest BCUT2D eigenvalue weighted by Gasteiger charge is 2.13. The van der Waals surface area contributed by atoms with Gasteiger partial charge in [0.1, 0.15) is 11.5 Å². The fourth-order valence-electron chi connectivity index (χ4n) is 1.75. The van der Waals surface area contributed by atoms with Crippen molar-refractivity contribution in [3.63, 3.8) is 0 Å². The quantitative estimate of drug-likeness (QED) is 0.913. The number of methoxy groups -OCH3 is 2. The predicted molar refractivity (Wildman–Crippen MR) is 69.7 cm³/mol. The van der Waals surface area contributed by atoms with Gasteiger partial charge in [-0.15, -0.1) is 0 Å². The summed E-state index contributed by atoms with van der Waals surface area (Å²) in [5, 5.41) is 9.22. The molecular weight excluding hydrogens is 246 g/mol. The van der Waals surface area contributed by atoms with Gasteiger partial charge < -0.3 is 14.6 Å². The van der Waals surface area contributed by atoms with Crippen LogP contribution in [0.1, 0.15) is 10.4 Å². The average molecular weight is 259 g/mol. The molecule has 0 fully saturated rings. The van der Waals surface area contributed by atoms with Crippen molar-refractivity contribution >= 4 is 5.97 Å². The van der Waals surface area contributed by atoms with E-state index in [1.54, 1.807) is 30.6 Å². The van der Waals surface area contributed by atoms with Gasteiger partial charge in [-0.1, -0.05) is 0 Å². The molecule has 1 N–H and O–H groups in total. The van der Waals surface area contributed by atoms with Crippen molar-refractivity contribution in [2.24, 2.45) is 0 Å². The van der Waals surface area contributed by atoms with Gasteiger partial charge >= 0.3 is 5.97 Å². The number of ether oxygens (including phenoxy) is 2. The summed E-state index contributed by atoms with van der Waals surface area (Å²) >= 11 is 0. The molecule has 0 aliphatic carbocycles. The maximum absolute atomic E-state index is 11.3. The molecule has 1 aromatic heterocycles. The molecule has 5 heteroatoms. The molecule has 19 heavy (non-hydrogen) atoms. The van der Waals surface area contributed by atoms with Crippen LogP contribution in [0.5, 0.6) is 11.5 Å². The van der Waals surface area contributed by atoms with Crippen LogP contribution in [0.15, 0.2) is 36.7 Å². The second-order valence-electron chi connectivity index (χ2n) is 3.83. The minimum atomic E-state index is -1.000. The molecule has 1 heterocycles. The van der Waals surface area contributed by atoms with Crippen LogP contribution >= 0.6 is 0 Å². The molecule has 98 valence electrons. The molecular formula is C14H13NO4. The van der Waals surface area contributed by atoms with Crippen molar-refractivity contribution in [1.82, 2.24) is 4.98 Å². The smallest absolute Gasteiger partial charge is 0.336 e. The zero-order valence-corrected chi connectivity index (χ0v) is 10.6. The Hall–Kier alpha value is -2.56. The van der Waals surface area contributed by atoms with Gasteiger partial charge in [-0.25, -0.2) is 4.79 Å². The minimum absolute atomic E-state index is 0.191. The van der Waals surface area contributed by atoms with Crippen LogP contribution in [-0.4, -0.2) is 30.3 Å². The lowest BCUT2D eigenvalue weighted by Crippen LogP contribution is -2.00. The number of hydrogen-bond donors (Lipinski definition) is 1. The largest absolute Gasteiger partial charge is 0.497 e. The number of rotatable bonds is 4. The third-order valence-corrected chi connectivity index (χ3v) is 2.72. The summed E-state index contributed by atoms with van der Waals surface area (Å²) in [6.07, 6.45) is 3.15. The van der Waals surface area contributed by atoms with Gasteiger partial charge in [0.05, 0.1) is 26.0 Å². The Morgan fingerprint density at radius 1 is 1.11 bits per heavy atom. The number of aromatic nitrogens is 1. The van der Waals surface area contributed by atoms with Crippen molar-refractivity contribution in [2.75, 3.05) is 14.2 Å². The van der Waals surface area contributed by atoms with E-state index in [-0.39, 0.29) is 5.56 Å². The number of hydrogen-bond acceptors (Lipinski definition) is 4. The summed E-state index contributed by atoms with van der Waals surface area (Å²) in [5.74, 6) is 0.153. The lowest BCUT2D eigenvalue weighted by molar-refractivity contribution is 0.0697. The Morgan fingerprint density at radius 2 is 1.84 bits per heavy atom. The van der Waals surface area contributed by atoms with Gasteiger partial charge in [0.2, 0.25) is 0 Å². The van der Waals surface area contributed by atoms with E-state index < -0.39 is 5.97 Å². The standard InChI is InChI=1S/C14H13NO4/c1-18-10-3-4-12(14(16)17)13(6-10)9-5-11(19-2)8-15-7-9/h3-8H,1-2H3,(H,16,17). The first kappa shape index (κ1) is 12.9. The maximum Gasteiger partial charge on any atom is 0.336 e. The molecule has 1 aromatic carbocycles. The Labute approximate surface area is 110 Å². The number of pyridine rings is 1. The van der Waals surface area contributed by atoms with Crippen molar-refractivity contribution in [3.05, 3.63) is 42.2 Å². The van der Waals surface area contributed by atoms with Gasteiger partial charge in [-0.05, 0) is 24.3 Å². The third kappa shape index (κ3) is 2.65. The van der Waals surface area contributed by atoms with Crippen LogP contribution in [-0.2, 0) is 0 Å². The minimum Gasteiger partial charge on any atom is -0.497 e. The molecule has 2 rings (SSSR count). The van der Waals surface area contributed by atoms with E-state index in [1.807, 2.05) is 0 Å². The lowest BCUT2D eigenvalue weighted by Gasteiger charge is -2.09. The fourth-order valence-corrected chi connectivity index (χ4v) is 1.75. The summed E-state index contributed by atoms with van der Waals surface area (Å²) in [7, 11) is 3.06. The summed E-state index contributed by atoms with van der Waals surface area (Å²) in [4.78, 5) is 15.3. The molecule has 0 spiro atoms. The molecule has 0 saturated carbocycles. The Balaban J connectivity index is 2.60. The van der Waals surface area contributed by atoms with Crippen LogP contribution in [0, 0.1) is 0 Å². The van der Waals surface area contributed by atoms with E-state index in [1.165, 1.54) is 20.3 Å². The molecule has 0 unspecified atom stereocenters. The average Bonchev–Trinajstić information content (AvgIpc) is 2.46. The zero-order valence-electron chi connectivity index (χ0n) is 10.6. The fraction of sp³-hybridized carbons (Fsp3) is 0.143. The first-order valence-corrected chi connectivity index (χ1v) is 5.56. The highest BCUT2D eigenvalue weighted by Crippen LogP contribution is 2.29. The van der Waals surface area contributed by atoms with Gasteiger partial charge in [0.25, 0.3) is 0 Å². The van der Waals surface area contributed by atoms with Crippen molar-refractivity contribution < 1.29 is 19.4 Å². The molecule has 0 amide bonds. The molecule has 0 atom stereocenters. The van der Waals surface area contributed by atoms with Gasteiger partial charge in [-0.2, -0.15) is 0 Å². The van der Waals surface area contributed by atoms with E-state index in [0.717, 1.165) is 0 Å². The Bertz CT molecular complexity index is 610. The van der Waals surface area contributed by atoms with Crippen molar-refractivity contribution in [3.8, 4) is 22.6 Å². The van der Waals surface area contributed by atoms with Crippen molar-refractivity contribution in [1.29, 1.82) is 0 Å². The maximum atomic E-state index is 11.3. The number of carbonyl (C=O) groups is 1. The topological polar surface area (TPSA) is 68.7 Å². The normalized spacial score (nSPS) is 10.0. The highest BCUT2D eigenvalue weighted by atomic mass is 16.5. The van der Waals surface area contributed by atoms with Crippen LogP contribution in [0.4, 0.5) is 0 Å². The van der Waals surface area contributed by atoms with E-state index >= 15 is 0 Å². The first-order valence-electron chi connectivity index (χ1n) is 5.56. The monoisotopic (exact) mass is 259 g/mol. The number of carboxylic acid groups (broad SMARTS) is 1. The summed E-state index contributed by atoms with van der Waals surface area (Å²) in [5.41, 5.74) is 1.39. The predicted octanol–water partition coefficient (Wildman–Crippen LogP) is 2.46. The number of benzene rings is 1. The molecule has 5 nitrogen and oxygen atoms in total. The molecule has 0 aliphatic heterocycles. The summed E-state index contributed by atoms with van der Waals surface area (Å²) in [6, 6.07) is 6.52. The highest BCUT2D eigenvalue weighted by molar-refractivity contribution is 5.96. The number of nitrogens with zero attached hydrogens (tertiary/aromatic N) is 1. The first-order chi connectivity index (χ1) is 9.15. The number of aromatic carboxylic acids is 1. The molecule has 2 aromatic rings. The number of carboxylic acids is 1. The summed E-state index contributed by atoms with van der Waals surface area (Å²) in [6.45, 7) is 0. The second kappa shape index (κ2) is 5.39. The van der Waals surface area contributed by atoms with E-state index in [4.69, 9.17) is 9.47 Å².